The molecule has 2 aromatic heterocycles. The van der Waals surface area contributed by atoms with Gasteiger partial charge in [-0.3, -0.25) is 4.57 Å². The van der Waals surface area contributed by atoms with Gasteiger partial charge in [-0.1, -0.05) is 54.6 Å². The lowest BCUT2D eigenvalue weighted by molar-refractivity contribution is 0.0698. The van der Waals surface area contributed by atoms with E-state index in [1.165, 1.54) is 0 Å². The van der Waals surface area contributed by atoms with E-state index in [-0.39, 0.29) is 11.1 Å². The van der Waals surface area contributed by atoms with Gasteiger partial charge in [0.2, 0.25) is 5.82 Å². The Morgan fingerprint density at radius 1 is 1.03 bits per heavy atom. The molecular weight excluding hydrogens is 482 g/mol. The summed E-state index contributed by atoms with van der Waals surface area (Å²) in [5.74, 6) is -0.472. The average molecular weight is 514 g/mol. The minimum absolute atomic E-state index is 0. The Kier molecular flexibility index (Phi) is 7.82. The number of H-pyrrole nitrogens is 1. The van der Waals surface area contributed by atoms with Crippen LogP contribution in [0.25, 0.3) is 33.5 Å². The fourth-order valence-corrected chi connectivity index (χ4v) is 3.90. The van der Waals surface area contributed by atoms with Crippen molar-refractivity contribution in [2.45, 2.75) is 39.8 Å². The van der Waals surface area contributed by atoms with E-state index in [4.69, 9.17) is 10.5 Å². The average Bonchev–Trinajstić information content (AvgIpc) is 3.52. The van der Waals surface area contributed by atoms with Crippen molar-refractivity contribution < 1.29 is 14.6 Å². The Morgan fingerprint density at radius 2 is 1.71 bits per heavy atom. The number of benzene rings is 3. The Labute approximate surface area is 220 Å². The van der Waals surface area contributed by atoms with E-state index in [1.54, 1.807) is 18.2 Å². The number of carboxylic acids is 1. The van der Waals surface area contributed by atoms with Gasteiger partial charge in [0.05, 0.1) is 29.7 Å². The van der Waals surface area contributed by atoms with Crippen LogP contribution in [-0.4, -0.2) is 53.4 Å². The number of hydrogen-bond donors (Lipinski definition) is 3. The van der Waals surface area contributed by atoms with E-state index < -0.39 is 5.97 Å². The summed E-state index contributed by atoms with van der Waals surface area (Å²) < 4.78 is 7.53. The highest BCUT2D eigenvalue weighted by Crippen LogP contribution is 2.31. The van der Waals surface area contributed by atoms with Gasteiger partial charge in [0, 0.05) is 11.1 Å². The second kappa shape index (κ2) is 11.2. The summed E-state index contributed by atoms with van der Waals surface area (Å²) in [6.07, 6.45) is 0. The van der Waals surface area contributed by atoms with Gasteiger partial charge in [-0.25, -0.2) is 4.79 Å². The number of imidazole rings is 1. The molecule has 196 valence electrons. The number of aromatic nitrogens is 6. The molecule has 3 aromatic carbocycles. The first kappa shape index (κ1) is 26.5. The van der Waals surface area contributed by atoms with Crippen LogP contribution in [0.1, 0.15) is 43.6 Å². The summed E-state index contributed by atoms with van der Waals surface area (Å²) in [5, 5.41) is 24.0. The van der Waals surface area contributed by atoms with Crippen LogP contribution in [0.2, 0.25) is 0 Å². The van der Waals surface area contributed by atoms with Crippen LogP contribution in [0.5, 0.6) is 6.01 Å². The van der Waals surface area contributed by atoms with Gasteiger partial charge >= 0.3 is 5.97 Å². The number of carbonyl (C=O) groups is 1. The van der Waals surface area contributed by atoms with E-state index in [2.05, 4.69) is 25.6 Å². The molecule has 10 nitrogen and oxygen atoms in total. The smallest absolute Gasteiger partial charge is 0.337 e. The predicted octanol–water partition coefficient (Wildman–Crippen LogP) is 4.77. The number of nitrogens with one attached hydrogen (secondary N) is 1. The molecule has 0 amide bonds. The zero-order valence-electron chi connectivity index (χ0n) is 21.8. The zero-order valence-corrected chi connectivity index (χ0v) is 21.8. The van der Waals surface area contributed by atoms with E-state index in [9.17, 15) is 9.90 Å². The lowest BCUT2D eigenvalue weighted by Gasteiger charge is -2.12. The summed E-state index contributed by atoms with van der Waals surface area (Å²) >= 11 is 0. The molecule has 0 radical (unpaired) electrons. The van der Waals surface area contributed by atoms with Crippen LogP contribution < -0.4 is 10.5 Å². The van der Waals surface area contributed by atoms with Crippen molar-refractivity contribution >= 4 is 17.0 Å². The number of ether oxygens (including phenoxy) is 1. The van der Waals surface area contributed by atoms with Crippen molar-refractivity contribution in [3.05, 3.63) is 77.9 Å². The SMILES string of the molecule is CC(C)(C)N.CCOc1nc2cccc(C(=O)O)c2n1Cc1ccc(-c2ccccc2-c2nn[nH]n2)cc1. The maximum absolute atomic E-state index is 11.8. The van der Waals surface area contributed by atoms with E-state index in [0.29, 0.717) is 36.0 Å². The first-order valence-electron chi connectivity index (χ1n) is 12.2. The largest absolute Gasteiger partial charge is 0.478 e. The van der Waals surface area contributed by atoms with Gasteiger partial charge in [-0.15, -0.1) is 10.2 Å². The van der Waals surface area contributed by atoms with Crippen molar-refractivity contribution in [1.82, 2.24) is 30.2 Å². The van der Waals surface area contributed by atoms with Crippen LogP contribution in [0.3, 0.4) is 0 Å². The maximum Gasteiger partial charge on any atom is 0.337 e. The van der Waals surface area contributed by atoms with Crippen LogP contribution in [0.4, 0.5) is 0 Å². The Morgan fingerprint density at radius 3 is 2.32 bits per heavy atom. The standard InChI is InChI=1S/C24H20N6O3.C4H11N/c1-2-33-24-25-20-9-5-8-19(23(31)32)21(20)30(24)14-15-10-12-16(13-11-15)17-6-3-4-7-18(17)22-26-28-29-27-22;1-4(2,3)5/h3-13H,2,14H2,1H3,(H,31,32)(H,26,27,28,29);5H2,1-3H3. The lowest BCUT2D eigenvalue weighted by Crippen LogP contribution is -2.26. The van der Waals surface area contributed by atoms with Crippen LogP contribution >= 0.6 is 0 Å². The van der Waals surface area contributed by atoms with E-state index in [1.807, 2.05) is 80.8 Å². The lowest BCUT2D eigenvalue weighted by atomic mass is 9.98. The molecule has 10 heteroatoms. The number of hydrogen-bond acceptors (Lipinski definition) is 7. The number of rotatable bonds is 7. The van der Waals surface area contributed by atoms with Crippen LogP contribution in [0.15, 0.2) is 66.7 Å². The molecule has 2 heterocycles. The first-order valence-corrected chi connectivity index (χ1v) is 12.2. The zero-order chi connectivity index (χ0) is 27.3. The highest BCUT2D eigenvalue weighted by molar-refractivity contribution is 6.01. The summed E-state index contributed by atoms with van der Waals surface area (Å²) in [7, 11) is 0. The molecule has 0 aliphatic carbocycles. The second-order valence-corrected chi connectivity index (χ2v) is 9.74. The first-order chi connectivity index (χ1) is 18.2. The Hall–Kier alpha value is -4.57. The van der Waals surface area contributed by atoms with Crippen molar-refractivity contribution in [2.24, 2.45) is 5.73 Å². The molecule has 5 rings (SSSR count). The fourth-order valence-electron chi connectivity index (χ4n) is 3.90. The topological polar surface area (TPSA) is 145 Å². The number of carboxylic acid groups (broad SMARTS) is 1. The Bertz CT molecular complexity index is 1510. The summed E-state index contributed by atoms with van der Waals surface area (Å²) in [5.41, 5.74) is 10.5. The second-order valence-electron chi connectivity index (χ2n) is 9.74. The van der Waals surface area contributed by atoms with Crippen LogP contribution in [0, 0.1) is 0 Å². The molecule has 0 aliphatic heterocycles. The van der Waals surface area contributed by atoms with Crippen LogP contribution in [-0.2, 0) is 6.54 Å². The third-order valence-electron chi connectivity index (χ3n) is 5.35. The van der Waals surface area contributed by atoms with Gasteiger partial charge < -0.3 is 15.6 Å². The van der Waals surface area contributed by atoms with Crippen molar-refractivity contribution in [1.29, 1.82) is 0 Å². The minimum Gasteiger partial charge on any atom is -0.478 e. The summed E-state index contributed by atoms with van der Waals surface area (Å²) in [6, 6.07) is 21.4. The molecule has 0 atom stereocenters. The molecule has 0 aliphatic rings. The third-order valence-corrected chi connectivity index (χ3v) is 5.35. The van der Waals surface area contributed by atoms with Gasteiger partial charge in [0.25, 0.3) is 6.01 Å². The Balaban J connectivity index is 0.000000617. The third kappa shape index (κ3) is 6.22. The quantitative estimate of drug-likeness (QED) is 0.282. The normalized spacial score (nSPS) is 11.2. The summed E-state index contributed by atoms with van der Waals surface area (Å²) in [6.45, 7) is 8.62. The molecular formula is C28H31N7O3. The molecule has 0 fully saturated rings. The molecule has 0 unspecified atom stereocenters. The molecule has 38 heavy (non-hydrogen) atoms. The molecule has 0 bridgehead atoms. The van der Waals surface area contributed by atoms with Crippen molar-refractivity contribution in [3.8, 4) is 28.5 Å². The number of tetrazole rings is 1. The van der Waals surface area contributed by atoms with E-state index >= 15 is 0 Å². The number of para-hydroxylation sites is 1. The number of aromatic carboxylic acids is 1. The highest BCUT2D eigenvalue weighted by Gasteiger charge is 2.19. The maximum atomic E-state index is 11.8. The minimum atomic E-state index is -1.00. The van der Waals surface area contributed by atoms with Crippen molar-refractivity contribution in [2.75, 3.05) is 6.61 Å². The number of fused-ring (bicyclic) bond motifs is 1. The number of nitrogens with zero attached hydrogens (tertiary/aromatic N) is 5. The number of nitrogens with two attached hydrogens (primary N) is 1. The molecule has 0 spiro atoms. The highest BCUT2D eigenvalue weighted by atomic mass is 16.5. The molecule has 5 aromatic rings. The molecule has 0 saturated heterocycles. The van der Waals surface area contributed by atoms with Gasteiger partial charge in [0.1, 0.15) is 0 Å². The van der Waals surface area contributed by atoms with Gasteiger partial charge in [-0.05, 0) is 61.7 Å². The van der Waals surface area contributed by atoms with E-state index in [0.717, 1.165) is 22.3 Å². The number of aromatic amines is 1. The molecule has 0 saturated carbocycles. The summed E-state index contributed by atoms with van der Waals surface area (Å²) in [4.78, 5) is 16.3. The van der Waals surface area contributed by atoms with Crippen molar-refractivity contribution in [3.63, 3.8) is 0 Å². The van der Waals surface area contributed by atoms with Gasteiger partial charge in [0.15, 0.2) is 0 Å². The van der Waals surface area contributed by atoms with Gasteiger partial charge in [-0.2, -0.15) is 10.2 Å². The predicted molar refractivity (Wildman–Crippen MR) is 146 cm³/mol. The molecule has 4 N–H and O–H groups in total. The monoisotopic (exact) mass is 513 g/mol. The fraction of sp³-hybridized carbons (Fsp3) is 0.250.